The van der Waals surface area contributed by atoms with Crippen molar-refractivity contribution in [2.24, 2.45) is 4.99 Å². The molecule has 188 valence electrons. The molecule has 0 radical (unpaired) electrons. The number of hydrazine groups is 1. The van der Waals surface area contributed by atoms with Crippen LogP contribution in [0.15, 0.2) is 47.5 Å². The number of allylic oxidation sites excluding steroid dienone is 2. The van der Waals surface area contributed by atoms with Crippen molar-refractivity contribution in [2.75, 3.05) is 19.0 Å². The topological polar surface area (TPSA) is 137 Å². The summed E-state index contributed by atoms with van der Waals surface area (Å²) in [6, 6.07) is 3.92. The maximum Gasteiger partial charge on any atom is 0.232 e. The monoisotopic (exact) mass is 486 g/mol. The first kappa shape index (κ1) is 26.1. The second kappa shape index (κ2) is 12.3. The molecule has 11 nitrogen and oxygen atoms in total. The van der Waals surface area contributed by atoms with Gasteiger partial charge in [0.2, 0.25) is 11.5 Å². The van der Waals surface area contributed by atoms with Gasteiger partial charge in [0, 0.05) is 25.0 Å². The number of hydroxylamine groups is 1. The van der Waals surface area contributed by atoms with Crippen molar-refractivity contribution in [2.45, 2.75) is 51.1 Å². The number of nitrogens with zero attached hydrogens (tertiary/aromatic N) is 5. The van der Waals surface area contributed by atoms with E-state index in [1.165, 1.54) is 12.3 Å². The van der Waals surface area contributed by atoms with Crippen molar-refractivity contribution in [3.05, 3.63) is 42.5 Å². The van der Waals surface area contributed by atoms with E-state index < -0.39 is 12.0 Å². The zero-order valence-corrected chi connectivity index (χ0v) is 20.0. The summed E-state index contributed by atoms with van der Waals surface area (Å²) >= 11 is 0. The molecule has 2 atom stereocenters. The Labute approximate surface area is 203 Å². The number of hydrogen-bond acceptors (Lipinski definition) is 11. The van der Waals surface area contributed by atoms with Crippen molar-refractivity contribution in [3.63, 3.8) is 0 Å². The highest BCUT2D eigenvalue weighted by Gasteiger charge is 2.35. The van der Waals surface area contributed by atoms with E-state index in [4.69, 9.17) is 4.74 Å². The molecular formula is C23H31FN8O3. The van der Waals surface area contributed by atoms with Crippen molar-refractivity contribution in [1.82, 2.24) is 30.9 Å². The van der Waals surface area contributed by atoms with E-state index in [1.54, 1.807) is 25.5 Å². The Bertz CT molecular complexity index is 1030. The highest BCUT2D eigenvalue weighted by molar-refractivity contribution is 5.78. The number of anilines is 1. The molecule has 2 aromatic rings. The highest BCUT2D eigenvalue weighted by Crippen LogP contribution is 2.25. The Hall–Kier alpha value is -3.48. The number of nitrogens with one attached hydrogen (secondary N) is 3. The number of carbonyl (C=O) groups excluding carboxylic acids is 1. The first-order valence-corrected chi connectivity index (χ1v) is 11.4. The Morgan fingerprint density at radius 2 is 2.11 bits per heavy atom. The predicted octanol–water partition coefficient (Wildman–Crippen LogP) is 2.48. The standard InChI is InChI=1S/C12H14N4O.C11H17FN4O2/c1-3-17-12-8-14-7-10(16-12)9-4-5-11(13-2)15-6-9;1-2-11(12,7-17)9-5-6-13-10(14-9)15-16(18)8-3-4-8/h4-8H,3H2,1-2H3,(H,13,15);5-8,10,14-15,18H,2-4H2,1H3. The third-order valence-corrected chi connectivity index (χ3v) is 5.28. The number of carbonyl (C=O) groups is 1. The number of rotatable bonds is 10. The molecule has 2 unspecified atom stereocenters. The minimum atomic E-state index is -2.04. The van der Waals surface area contributed by atoms with E-state index in [1.807, 2.05) is 26.1 Å². The van der Waals surface area contributed by atoms with Gasteiger partial charge in [-0.15, -0.1) is 5.17 Å². The number of halogens is 1. The fraction of sp³-hybridized carbons (Fsp3) is 0.435. The van der Waals surface area contributed by atoms with Crippen LogP contribution in [0.3, 0.4) is 0 Å². The summed E-state index contributed by atoms with van der Waals surface area (Å²) in [7, 11) is 1.83. The van der Waals surface area contributed by atoms with Crippen LogP contribution in [0.5, 0.6) is 5.88 Å². The SMILES string of the molecule is CCC(F)(C=O)C1=CC=NC(NN(O)C2CC2)N1.CCOc1cncc(-c2ccc(NC)nc2)n1. The van der Waals surface area contributed by atoms with Gasteiger partial charge < -0.3 is 15.4 Å². The molecule has 0 saturated heterocycles. The van der Waals surface area contributed by atoms with Gasteiger partial charge in [0.15, 0.2) is 12.6 Å². The number of ether oxygens (including phenoxy) is 1. The summed E-state index contributed by atoms with van der Waals surface area (Å²) in [4.78, 5) is 27.5. The zero-order valence-electron chi connectivity index (χ0n) is 20.0. The average Bonchev–Trinajstić information content (AvgIpc) is 3.75. The van der Waals surface area contributed by atoms with Crippen molar-refractivity contribution in [1.29, 1.82) is 0 Å². The van der Waals surface area contributed by atoms with Gasteiger partial charge in [0.25, 0.3) is 0 Å². The van der Waals surface area contributed by atoms with Crippen LogP contribution in [-0.4, -0.2) is 69.5 Å². The van der Waals surface area contributed by atoms with Crippen molar-refractivity contribution >= 4 is 18.3 Å². The molecule has 1 aliphatic carbocycles. The summed E-state index contributed by atoms with van der Waals surface area (Å²) in [6.07, 6.45) is 9.37. The van der Waals surface area contributed by atoms with Crippen LogP contribution in [0.25, 0.3) is 11.3 Å². The molecule has 12 heteroatoms. The third kappa shape index (κ3) is 7.25. The van der Waals surface area contributed by atoms with Gasteiger partial charge in [-0.05, 0) is 44.4 Å². The van der Waals surface area contributed by atoms with E-state index in [0.29, 0.717) is 12.5 Å². The summed E-state index contributed by atoms with van der Waals surface area (Å²) < 4.78 is 19.5. The smallest absolute Gasteiger partial charge is 0.232 e. The van der Waals surface area contributed by atoms with Crippen LogP contribution in [0, 0.1) is 0 Å². The summed E-state index contributed by atoms with van der Waals surface area (Å²) in [5.41, 5.74) is 2.47. The lowest BCUT2D eigenvalue weighted by atomic mass is 9.99. The van der Waals surface area contributed by atoms with E-state index in [-0.39, 0.29) is 24.4 Å². The van der Waals surface area contributed by atoms with Gasteiger partial charge in [-0.1, -0.05) is 6.92 Å². The van der Waals surface area contributed by atoms with Crippen LogP contribution in [-0.2, 0) is 4.79 Å². The first-order chi connectivity index (χ1) is 16.9. The first-order valence-electron chi connectivity index (χ1n) is 11.4. The zero-order chi connectivity index (χ0) is 25.3. The minimum absolute atomic E-state index is 0.0430. The average molecular weight is 487 g/mol. The van der Waals surface area contributed by atoms with Crippen LogP contribution in [0.1, 0.15) is 33.1 Å². The maximum atomic E-state index is 14.2. The van der Waals surface area contributed by atoms with Gasteiger partial charge in [0.1, 0.15) is 5.82 Å². The Morgan fingerprint density at radius 1 is 1.31 bits per heavy atom. The molecule has 35 heavy (non-hydrogen) atoms. The second-order valence-corrected chi connectivity index (χ2v) is 7.82. The van der Waals surface area contributed by atoms with Gasteiger partial charge in [-0.3, -0.25) is 20.0 Å². The molecule has 0 spiro atoms. The fourth-order valence-corrected chi connectivity index (χ4v) is 3.05. The number of pyridine rings is 1. The number of aliphatic imine (C=N–C) groups is 1. The highest BCUT2D eigenvalue weighted by atomic mass is 19.1. The molecular weight excluding hydrogens is 455 g/mol. The van der Waals surface area contributed by atoms with E-state index >= 15 is 0 Å². The lowest BCUT2D eigenvalue weighted by Gasteiger charge is -2.30. The molecule has 2 aliphatic rings. The molecule has 0 bridgehead atoms. The molecule has 2 aromatic heterocycles. The number of aldehydes is 1. The van der Waals surface area contributed by atoms with Crippen LogP contribution in [0.4, 0.5) is 10.2 Å². The number of aromatic nitrogens is 3. The fourth-order valence-electron chi connectivity index (χ4n) is 3.05. The summed E-state index contributed by atoms with van der Waals surface area (Å²) in [5, 5.41) is 16.3. The van der Waals surface area contributed by atoms with Crippen LogP contribution < -0.4 is 20.8 Å². The normalized spacial score (nSPS) is 18.5. The van der Waals surface area contributed by atoms with Gasteiger partial charge >= 0.3 is 0 Å². The molecule has 3 heterocycles. The molecule has 1 aliphatic heterocycles. The quantitative estimate of drug-likeness (QED) is 0.293. The Kier molecular flexibility index (Phi) is 9.18. The van der Waals surface area contributed by atoms with E-state index in [9.17, 15) is 14.4 Å². The largest absolute Gasteiger partial charge is 0.477 e. The molecule has 4 N–H and O–H groups in total. The Morgan fingerprint density at radius 3 is 2.71 bits per heavy atom. The van der Waals surface area contributed by atoms with Gasteiger partial charge in [-0.25, -0.2) is 14.4 Å². The lowest BCUT2D eigenvalue weighted by Crippen LogP contribution is -2.53. The number of alkyl halides is 1. The summed E-state index contributed by atoms with van der Waals surface area (Å²) in [6.45, 7) is 4.08. The van der Waals surface area contributed by atoms with Crippen LogP contribution >= 0.6 is 0 Å². The van der Waals surface area contributed by atoms with Gasteiger partial charge in [0.05, 0.1) is 36.4 Å². The van der Waals surface area contributed by atoms with Crippen molar-refractivity contribution in [3.8, 4) is 17.1 Å². The third-order valence-electron chi connectivity index (χ3n) is 5.28. The molecule has 1 saturated carbocycles. The molecule has 0 amide bonds. The number of hydrogen-bond donors (Lipinski definition) is 4. The van der Waals surface area contributed by atoms with Crippen molar-refractivity contribution < 1.29 is 19.1 Å². The second-order valence-electron chi connectivity index (χ2n) is 7.82. The molecule has 1 fully saturated rings. The molecule has 0 aromatic carbocycles. The van der Waals surface area contributed by atoms with E-state index in [2.05, 4.69) is 36.0 Å². The predicted molar refractivity (Wildman–Crippen MR) is 129 cm³/mol. The van der Waals surface area contributed by atoms with E-state index in [0.717, 1.165) is 35.1 Å². The minimum Gasteiger partial charge on any atom is -0.477 e. The lowest BCUT2D eigenvalue weighted by molar-refractivity contribution is -0.156. The Balaban J connectivity index is 0.000000196. The summed E-state index contributed by atoms with van der Waals surface area (Å²) in [5.74, 6) is 1.35. The maximum absolute atomic E-state index is 14.2. The van der Waals surface area contributed by atoms with Crippen LogP contribution in [0.2, 0.25) is 0 Å². The van der Waals surface area contributed by atoms with Gasteiger partial charge in [-0.2, -0.15) is 5.43 Å². The molecule has 4 rings (SSSR count).